The van der Waals surface area contributed by atoms with Gasteiger partial charge in [0.1, 0.15) is 5.58 Å². The maximum Gasteiger partial charge on any atom is 0.345 e. The lowest BCUT2D eigenvalue weighted by atomic mass is 9.95. The van der Waals surface area contributed by atoms with Gasteiger partial charge in [0, 0.05) is 21.3 Å². The Labute approximate surface area is 220 Å². The molecule has 1 aliphatic rings. The smallest absolute Gasteiger partial charge is 0.345 e. The van der Waals surface area contributed by atoms with Crippen LogP contribution >= 0.6 is 27.3 Å². The monoisotopic (exact) mass is 567 g/mol. The fourth-order valence-electron chi connectivity index (χ4n) is 4.58. The molecule has 2 aromatic heterocycles. The number of hydrogen-bond donors (Lipinski definition) is 1. The summed E-state index contributed by atoms with van der Waals surface area (Å²) in [4.78, 5) is 13.7. The molecule has 2 heterocycles. The van der Waals surface area contributed by atoms with E-state index in [1.807, 2.05) is 30.5 Å². The SMILES string of the molecule is CCOc1cc(/C=N/N=c2\scc(-c3cc4cc(Br)ccc4oc3=O)n2C2CCCCC2)ccc1O. The molecule has 0 amide bonds. The van der Waals surface area contributed by atoms with Gasteiger partial charge in [-0.2, -0.15) is 5.10 Å². The van der Waals surface area contributed by atoms with Crippen LogP contribution in [0.1, 0.15) is 50.6 Å². The highest BCUT2D eigenvalue weighted by atomic mass is 79.9. The van der Waals surface area contributed by atoms with Gasteiger partial charge in [0.05, 0.1) is 24.1 Å². The highest BCUT2D eigenvalue weighted by molar-refractivity contribution is 9.10. The van der Waals surface area contributed by atoms with Crippen LogP contribution in [0.5, 0.6) is 11.5 Å². The lowest BCUT2D eigenvalue weighted by molar-refractivity contribution is 0.318. The second-order valence-corrected chi connectivity index (χ2v) is 10.5. The molecule has 0 saturated heterocycles. The van der Waals surface area contributed by atoms with Gasteiger partial charge in [0.25, 0.3) is 0 Å². The van der Waals surface area contributed by atoms with E-state index in [1.54, 1.807) is 30.5 Å². The van der Waals surface area contributed by atoms with E-state index in [-0.39, 0.29) is 17.4 Å². The molecule has 4 aromatic rings. The molecule has 36 heavy (non-hydrogen) atoms. The Morgan fingerprint density at radius 3 is 2.83 bits per heavy atom. The van der Waals surface area contributed by atoms with Gasteiger partial charge in [0.15, 0.2) is 11.5 Å². The molecule has 186 valence electrons. The zero-order chi connectivity index (χ0) is 25.1. The molecule has 0 radical (unpaired) electrons. The lowest BCUT2D eigenvalue weighted by Crippen LogP contribution is -2.24. The van der Waals surface area contributed by atoms with Gasteiger partial charge in [0.2, 0.25) is 4.80 Å². The van der Waals surface area contributed by atoms with Crippen LogP contribution in [0.4, 0.5) is 0 Å². The van der Waals surface area contributed by atoms with E-state index >= 15 is 0 Å². The molecule has 0 bridgehead atoms. The van der Waals surface area contributed by atoms with Crippen molar-refractivity contribution in [1.29, 1.82) is 0 Å². The minimum absolute atomic E-state index is 0.0882. The molecule has 0 atom stereocenters. The average molecular weight is 568 g/mol. The first-order valence-corrected chi connectivity index (χ1v) is 13.7. The summed E-state index contributed by atoms with van der Waals surface area (Å²) in [5.74, 6) is 0.497. The highest BCUT2D eigenvalue weighted by Crippen LogP contribution is 2.32. The van der Waals surface area contributed by atoms with Crippen molar-refractivity contribution in [2.24, 2.45) is 10.2 Å². The van der Waals surface area contributed by atoms with Crippen molar-refractivity contribution in [2.45, 2.75) is 45.1 Å². The van der Waals surface area contributed by atoms with Crippen LogP contribution in [-0.2, 0) is 0 Å². The number of fused-ring (bicyclic) bond motifs is 1. The number of ether oxygens (including phenoxy) is 1. The summed E-state index contributed by atoms with van der Waals surface area (Å²) >= 11 is 4.96. The topological polar surface area (TPSA) is 89.3 Å². The molecule has 1 N–H and O–H groups in total. The number of halogens is 1. The Hall–Kier alpha value is -3.17. The van der Waals surface area contributed by atoms with E-state index < -0.39 is 0 Å². The number of rotatable bonds is 6. The van der Waals surface area contributed by atoms with E-state index in [0.29, 0.717) is 23.5 Å². The third-order valence-corrected chi connectivity index (χ3v) is 7.61. The van der Waals surface area contributed by atoms with Crippen LogP contribution < -0.4 is 15.2 Å². The first-order chi connectivity index (χ1) is 17.5. The molecule has 9 heteroatoms. The van der Waals surface area contributed by atoms with E-state index in [2.05, 4.69) is 30.7 Å². The van der Waals surface area contributed by atoms with E-state index in [4.69, 9.17) is 9.15 Å². The van der Waals surface area contributed by atoms with Crippen LogP contribution in [0.15, 0.2) is 71.7 Å². The fourth-order valence-corrected chi connectivity index (χ4v) is 5.87. The summed E-state index contributed by atoms with van der Waals surface area (Å²) in [7, 11) is 0. The van der Waals surface area contributed by atoms with Crippen LogP contribution in [0.2, 0.25) is 0 Å². The number of hydrogen-bond acceptors (Lipinski definition) is 7. The molecule has 0 spiro atoms. The number of nitrogens with zero attached hydrogens (tertiary/aromatic N) is 3. The molecule has 1 fully saturated rings. The maximum absolute atomic E-state index is 13.0. The number of aromatic hydroxyl groups is 1. The standard InChI is InChI=1S/C27H26BrN3O4S/c1-2-34-25-12-17(8-10-23(25)32)15-29-30-27-31(20-6-4-3-5-7-20)22(16-36-27)21-14-18-13-19(28)9-11-24(18)35-26(21)33/h8-16,20,32H,2-7H2,1H3/b29-15+,30-27-. The quantitative estimate of drug-likeness (QED) is 0.161. The second-order valence-electron chi connectivity index (χ2n) is 8.70. The second kappa shape index (κ2) is 10.8. The van der Waals surface area contributed by atoms with Crippen molar-refractivity contribution in [3.8, 4) is 22.8 Å². The predicted molar refractivity (Wildman–Crippen MR) is 146 cm³/mol. The summed E-state index contributed by atoms with van der Waals surface area (Å²) in [5, 5.41) is 21.6. The molecule has 7 nitrogen and oxygen atoms in total. The number of phenolic OH excluding ortho intramolecular Hbond substituents is 1. The van der Waals surface area contributed by atoms with E-state index in [0.717, 1.165) is 51.6 Å². The molecule has 1 saturated carbocycles. The van der Waals surface area contributed by atoms with Crippen molar-refractivity contribution in [1.82, 2.24) is 4.57 Å². The van der Waals surface area contributed by atoms with E-state index in [1.165, 1.54) is 17.8 Å². The van der Waals surface area contributed by atoms with Crippen molar-refractivity contribution in [2.75, 3.05) is 6.61 Å². The van der Waals surface area contributed by atoms with E-state index in [9.17, 15) is 9.90 Å². The Balaban J connectivity index is 1.58. The highest BCUT2D eigenvalue weighted by Gasteiger charge is 2.22. The molecular weight excluding hydrogens is 542 g/mol. The number of thiazole rings is 1. The lowest BCUT2D eigenvalue weighted by Gasteiger charge is -2.25. The Morgan fingerprint density at radius 2 is 2.03 bits per heavy atom. The number of aromatic nitrogens is 1. The molecule has 0 unspecified atom stereocenters. The summed E-state index contributed by atoms with van der Waals surface area (Å²) < 4.78 is 14.2. The van der Waals surface area contributed by atoms with Gasteiger partial charge in [-0.15, -0.1) is 16.4 Å². The maximum atomic E-state index is 13.0. The van der Waals surface area contributed by atoms with Gasteiger partial charge in [-0.05, 0) is 67.8 Å². The predicted octanol–water partition coefficient (Wildman–Crippen LogP) is 6.63. The van der Waals surface area contributed by atoms with Crippen LogP contribution in [-0.4, -0.2) is 22.5 Å². The third kappa shape index (κ3) is 5.17. The van der Waals surface area contributed by atoms with Crippen LogP contribution in [0.3, 0.4) is 0 Å². The van der Waals surface area contributed by atoms with Gasteiger partial charge in [-0.1, -0.05) is 35.2 Å². The molecule has 2 aromatic carbocycles. The zero-order valence-corrected chi connectivity index (χ0v) is 22.2. The molecule has 1 aliphatic carbocycles. The average Bonchev–Trinajstić information content (AvgIpc) is 3.30. The Morgan fingerprint density at radius 1 is 1.19 bits per heavy atom. The van der Waals surface area contributed by atoms with Crippen molar-refractivity contribution >= 4 is 44.5 Å². The number of benzene rings is 2. The van der Waals surface area contributed by atoms with Gasteiger partial charge < -0.3 is 18.8 Å². The van der Waals surface area contributed by atoms with Gasteiger partial charge in [-0.3, -0.25) is 0 Å². The summed E-state index contributed by atoms with van der Waals surface area (Å²) in [6.07, 6.45) is 7.19. The summed E-state index contributed by atoms with van der Waals surface area (Å²) in [6.45, 7) is 2.32. The summed E-state index contributed by atoms with van der Waals surface area (Å²) in [5.41, 5.74) is 2.28. The van der Waals surface area contributed by atoms with Crippen LogP contribution in [0, 0.1) is 0 Å². The number of phenols is 1. The normalized spacial score (nSPS) is 15.2. The van der Waals surface area contributed by atoms with Crippen LogP contribution in [0.25, 0.3) is 22.2 Å². The largest absolute Gasteiger partial charge is 0.504 e. The Bertz CT molecular complexity index is 1550. The van der Waals surface area contributed by atoms with Crippen molar-refractivity contribution < 1.29 is 14.3 Å². The minimum atomic E-state index is -0.366. The first-order valence-electron chi connectivity index (χ1n) is 12.0. The van der Waals surface area contributed by atoms with Crippen molar-refractivity contribution in [3.05, 3.63) is 73.1 Å². The molecular formula is C27H26BrN3O4S. The third-order valence-electron chi connectivity index (χ3n) is 6.29. The molecule has 5 rings (SSSR count). The fraction of sp³-hybridized carbons (Fsp3) is 0.296. The summed E-state index contributed by atoms with van der Waals surface area (Å²) in [6, 6.07) is 12.8. The molecule has 0 aliphatic heterocycles. The first kappa shape index (κ1) is 24.5. The zero-order valence-electron chi connectivity index (χ0n) is 19.8. The minimum Gasteiger partial charge on any atom is -0.504 e. The Kier molecular flexibility index (Phi) is 7.38. The van der Waals surface area contributed by atoms with Gasteiger partial charge in [-0.25, -0.2) is 4.79 Å². The van der Waals surface area contributed by atoms with Crippen molar-refractivity contribution in [3.63, 3.8) is 0 Å². The van der Waals surface area contributed by atoms with Gasteiger partial charge >= 0.3 is 5.63 Å².